The van der Waals surface area contributed by atoms with E-state index in [-0.39, 0.29) is 29.8 Å². The third kappa shape index (κ3) is 3.47. The molecular weight excluding hydrogens is 244 g/mol. The van der Waals surface area contributed by atoms with Gasteiger partial charge in [-0.2, -0.15) is 0 Å². The van der Waals surface area contributed by atoms with E-state index < -0.39 is 6.04 Å². The fraction of sp³-hybridized carbons (Fsp3) is 0.857. The molecule has 3 unspecified atom stereocenters. The predicted molar refractivity (Wildman–Crippen MR) is 73.6 cm³/mol. The van der Waals surface area contributed by atoms with Crippen molar-refractivity contribution in [2.45, 2.75) is 58.7 Å². The minimum Gasteiger partial charge on any atom is -0.383 e. The highest BCUT2D eigenvalue weighted by Crippen LogP contribution is 2.21. The molecule has 3 atom stereocenters. The summed E-state index contributed by atoms with van der Waals surface area (Å²) >= 11 is 0. The first kappa shape index (κ1) is 16.0. The fourth-order valence-electron chi connectivity index (χ4n) is 2.55. The van der Waals surface area contributed by atoms with Gasteiger partial charge in [0, 0.05) is 7.11 Å². The molecule has 0 bridgehead atoms. The van der Waals surface area contributed by atoms with Gasteiger partial charge in [0.25, 0.3) is 0 Å². The summed E-state index contributed by atoms with van der Waals surface area (Å²) in [4.78, 5) is 26.3. The van der Waals surface area contributed by atoms with Crippen LogP contribution in [0.15, 0.2) is 0 Å². The first-order valence-electron chi connectivity index (χ1n) is 7.05. The SMILES string of the molecule is CCCC1NC(=O)C(C)N(C(COC)C(C)C)C1=O. The second-order valence-corrected chi connectivity index (χ2v) is 5.54. The van der Waals surface area contributed by atoms with Crippen molar-refractivity contribution in [3.8, 4) is 0 Å². The Kier molecular flexibility index (Phi) is 5.79. The van der Waals surface area contributed by atoms with Crippen molar-refractivity contribution in [2.24, 2.45) is 5.92 Å². The Hall–Kier alpha value is -1.10. The van der Waals surface area contributed by atoms with Crippen LogP contribution >= 0.6 is 0 Å². The van der Waals surface area contributed by atoms with E-state index in [4.69, 9.17) is 4.74 Å². The number of methoxy groups -OCH3 is 1. The van der Waals surface area contributed by atoms with Gasteiger partial charge >= 0.3 is 0 Å². The van der Waals surface area contributed by atoms with E-state index in [0.717, 1.165) is 6.42 Å². The molecule has 0 aromatic heterocycles. The second kappa shape index (κ2) is 6.89. The van der Waals surface area contributed by atoms with Crippen molar-refractivity contribution >= 4 is 11.8 Å². The molecule has 110 valence electrons. The zero-order chi connectivity index (χ0) is 14.6. The van der Waals surface area contributed by atoms with Crippen molar-refractivity contribution in [1.82, 2.24) is 10.2 Å². The third-order valence-electron chi connectivity index (χ3n) is 3.71. The zero-order valence-corrected chi connectivity index (χ0v) is 12.6. The summed E-state index contributed by atoms with van der Waals surface area (Å²) in [6, 6.07) is -0.868. The van der Waals surface area contributed by atoms with Crippen LogP contribution in [0.2, 0.25) is 0 Å². The molecule has 1 aliphatic heterocycles. The standard InChI is InChI=1S/C14H26N2O3/c1-6-7-11-14(18)16(10(4)13(17)15-11)12(8-19-5)9(2)3/h9-12H,6-8H2,1-5H3,(H,15,17). The van der Waals surface area contributed by atoms with Crippen LogP contribution in [-0.4, -0.2) is 48.6 Å². The summed E-state index contributed by atoms with van der Waals surface area (Å²) in [6.07, 6.45) is 1.56. The molecule has 0 aromatic rings. The molecule has 5 nitrogen and oxygen atoms in total. The number of hydrogen-bond acceptors (Lipinski definition) is 3. The zero-order valence-electron chi connectivity index (χ0n) is 12.6. The molecule has 1 N–H and O–H groups in total. The highest BCUT2D eigenvalue weighted by Gasteiger charge is 2.41. The van der Waals surface area contributed by atoms with Gasteiger partial charge in [-0.3, -0.25) is 9.59 Å². The Bertz CT molecular complexity index is 331. The smallest absolute Gasteiger partial charge is 0.246 e. The normalized spacial score (nSPS) is 25.7. The van der Waals surface area contributed by atoms with Gasteiger partial charge in [0.1, 0.15) is 12.1 Å². The Morgan fingerprint density at radius 2 is 2.00 bits per heavy atom. The topological polar surface area (TPSA) is 58.6 Å². The highest BCUT2D eigenvalue weighted by molar-refractivity contribution is 5.96. The van der Waals surface area contributed by atoms with Gasteiger partial charge in [-0.05, 0) is 19.3 Å². The molecule has 1 saturated heterocycles. The van der Waals surface area contributed by atoms with Gasteiger partial charge in [-0.1, -0.05) is 27.2 Å². The minimum absolute atomic E-state index is 0.0182. The molecule has 0 radical (unpaired) electrons. The van der Waals surface area contributed by atoms with Crippen LogP contribution in [0, 0.1) is 5.92 Å². The summed E-state index contributed by atoms with van der Waals surface area (Å²) in [5.74, 6) is 0.198. The van der Waals surface area contributed by atoms with Gasteiger partial charge in [-0.15, -0.1) is 0 Å². The number of hydrogen-bond donors (Lipinski definition) is 1. The number of nitrogens with one attached hydrogen (secondary N) is 1. The Morgan fingerprint density at radius 3 is 2.47 bits per heavy atom. The third-order valence-corrected chi connectivity index (χ3v) is 3.71. The monoisotopic (exact) mass is 270 g/mol. The van der Waals surface area contributed by atoms with Crippen LogP contribution in [0.3, 0.4) is 0 Å². The maximum Gasteiger partial charge on any atom is 0.246 e. The van der Waals surface area contributed by atoms with E-state index in [1.54, 1.807) is 18.9 Å². The minimum atomic E-state index is -0.428. The van der Waals surface area contributed by atoms with E-state index >= 15 is 0 Å². The van der Waals surface area contributed by atoms with E-state index in [1.165, 1.54) is 0 Å². The summed E-state index contributed by atoms with van der Waals surface area (Å²) in [7, 11) is 1.62. The lowest BCUT2D eigenvalue weighted by molar-refractivity contribution is -0.154. The number of rotatable bonds is 6. The van der Waals surface area contributed by atoms with Crippen LogP contribution in [0.1, 0.15) is 40.5 Å². The average molecular weight is 270 g/mol. The lowest BCUT2D eigenvalue weighted by atomic mass is 9.96. The second-order valence-electron chi connectivity index (χ2n) is 5.54. The Labute approximate surface area is 115 Å². The lowest BCUT2D eigenvalue weighted by Crippen LogP contribution is -2.66. The van der Waals surface area contributed by atoms with Crippen LogP contribution in [-0.2, 0) is 14.3 Å². The molecule has 0 aliphatic carbocycles. The van der Waals surface area contributed by atoms with Gasteiger partial charge < -0.3 is 15.0 Å². The molecule has 1 rings (SSSR count). The molecule has 1 fully saturated rings. The van der Waals surface area contributed by atoms with E-state index in [1.807, 2.05) is 20.8 Å². The molecule has 2 amide bonds. The molecule has 0 spiro atoms. The summed E-state index contributed by atoms with van der Waals surface area (Å²) < 4.78 is 5.22. The predicted octanol–water partition coefficient (Wildman–Crippen LogP) is 1.17. The number of nitrogens with zero attached hydrogens (tertiary/aromatic N) is 1. The number of carbonyl (C=O) groups excluding carboxylic acids is 2. The fourth-order valence-corrected chi connectivity index (χ4v) is 2.55. The lowest BCUT2D eigenvalue weighted by Gasteiger charge is -2.43. The van der Waals surface area contributed by atoms with E-state index in [2.05, 4.69) is 5.32 Å². The average Bonchev–Trinajstić information content (AvgIpc) is 2.35. The number of amides is 2. The number of carbonyl (C=O) groups is 2. The first-order valence-corrected chi connectivity index (χ1v) is 7.05. The van der Waals surface area contributed by atoms with Gasteiger partial charge in [0.2, 0.25) is 11.8 Å². The highest BCUT2D eigenvalue weighted by atomic mass is 16.5. The molecule has 1 aliphatic rings. The van der Waals surface area contributed by atoms with Gasteiger partial charge in [0.15, 0.2) is 0 Å². The van der Waals surface area contributed by atoms with Crippen LogP contribution in [0.5, 0.6) is 0 Å². The number of ether oxygens (including phenoxy) is 1. The summed E-state index contributed by atoms with van der Waals surface area (Å²) in [5, 5.41) is 2.81. The van der Waals surface area contributed by atoms with Crippen molar-refractivity contribution in [3.05, 3.63) is 0 Å². The van der Waals surface area contributed by atoms with Gasteiger partial charge in [0.05, 0.1) is 12.6 Å². The van der Waals surface area contributed by atoms with Crippen LogP contribution in [0.4, 0.5) is 0 Å². The Balaban J connectivity index is 2.98. The summed E-state index contributed by atoms with van der Waals surface area (Å²) in [5.41, 5.74) is 0. The maximum absolute atomic E-state index is 12.5. The van der Waals surface area contributed by atoms with Gasteiger partial charge in [-0.25, -0.2) is 0 Å². The maximum atomic E-state index is 12.5. The Morgan fingerprint density at radius 1 is 1.37 bits per heavy atom. The number of piperazine rings is 1. The quantitative estimate of drug-likeness (QED) is 0.788. The first-order chi connectivity index (χ1) is 8.93. The summed E-state index contributed by atoms with van der Waals surface area (Å²) in [6.45, 7) is 8.34. The molecular formula is C14H26N2O3. The van der Waals surface area contributed by atoms with Crippen molar-refractivity contribution in [3.63, 3.8) is 0 Å². The van der Waals surface area contributed by atoms with Crippen LogP contribution in [0.25, 0.3) is 0 Å². The van der Waals surface area contributed by atoms with Crippen LogP contribution < -0.4 is 5.32 Å². The molecule has 1 heterocycles. The van der Waals surface area contributed by atoms with Crippen molar-refractivity contribution in [1.29, 1.82) is 0 Å². The van der Waals surface area contributed by atoms with E-state index in [9.17, 15) is 9.59 Å². The van der Waals surface area contributed by atoms with E-state index in [0.29, 0.717) is 13.0 Å². The van der Waals surface area contributed by atoms with Crippen molar-refractivity contribution < 1.29 is 14.3 Å². The molecule has 19 heavy (non-hydrogen) atoms. The molecule has 5 heteroatoms. The van der Waals surface area contributed by atoms with Crippen molar-refractivity contribution in [2.75, 3.05) is 13.7 Å². The molecule has 0 saturated carbocycles. The molecule has 0 aromatic carbocycles. The largest absolute Gasteiger partial charge is 0.383 e.